The molecule has 1 aromatic rings. The number of nitro groups is 1. The maximum absolute atomic E-state index is 12.6. The van der Waals surface area contributed by atoms with Gasteiger partial charge < -0.3 is 0 Å². The van der Waals surface area contributed by atoms with Gasteiger partial charge in [0, 0.05) is 11.6 Å². The highest BCUT2D eigenvalue weighted by atomic mass is 19.3. The van der Waals surface area contributed by atoms with Crippen molar-refractivity contribution in [3.8, 4) is 12.1 Å². The molecule has 0 saturated carbocycles. The van der Waals surface area contributed by atoms with Crippen molar-refractivity contribution < 1.29 is 13.7 Å². The summed E-state index contributed by atoms with van der Waals surface area (Å²) in [6.45, 7) is 0. The van der Waals surface area contributed by atoms with Crippen LogP contribution < -0.4 is 0 Å². The second kappa shape index (κ2) is 4.94. The number of hydrogen-bond donors (Lipinski definition) is 0. The largest absolute Gasteiger partial charge is 0.306 e. The van der Waals surface area contributed by atoms with Gasteiger partial charge in [-0.1, -0.05) is 0 Å². The van der Waals surface area contributed by atoms with Gasteiger partial charge in [0.15, 0.2) is 0 Å². The van der Waals surface area contributed by atoms with Gasteiger partial charge in [-0.25, -0.2) is 13.8 Å². The first-order valence-electron chi connectivity index (χ1n) is 4.24. The average Bonchev–Trinajstić information content (AvgIpc) is 2.28. The van der Waals surface area contributed by atoms with E-state index in [0.29, 0.717) is 6.07 Å². The molecule has 17 heavy (non-hydrogen) atoms. The number of nitriles is 2. The normalized spacial score (nSPS) is 9.71. The molecule has 86 valence electrons. The molecule has 6 nitrogen and oxygen atoms in total. The summed E-state index contributed by atoms with van der Waals surface area (Å²) in [5.74, 6) is 0. The monoisotopic (exact) mass is 238 g/mol. The molecule has 0 fully saturated rings. The number of pyridine rings is 1. The highest BCUT2D eigenvalue weighted by molar-refractivity contribution is 5.48. The first-order valence-corrected chi connectivity index (χ1v) is 4.24. The summed E-state index contributed by atoms with van der Waals surface area (Å²) in [6.07, 6.45) is -3.43. The van der Waals surface area contributed by atoms with Crippen molar-refractivity contribution >= 4 is 5.69 Å². The van der Waals surface area contributed by atoms with E-state index in [0.717, 1.165) is 0 Å². The Bertz CT molecular complexity index is 545. The molecule has 0 N–H and O–H groups in total. The van der Waals surface area contributed by atoms with Gasteiger partial charge in [-0.3, -0.25) is 10.1 Å². The van der Waals surface area contributed by atoms with E-state index in [1.54, 1.807) is 6.07 Å². The molecule has 0 spiro atoms. The zero-order valence-electron chi connectivity index (χ0n) is 8.22. The summed E-state index contributed by atoms with van der Waals surface area (Å²) in [5, 5.41) is 27.5. The van der Waals surface area contributed by atoms with Crippen LogP contribution in [0, 0.1) is 32.8 Å². The third-order valence-electron chi connectivity index (χ3n) is 1.90. The standard InChI is InChI=1S/C9H4F2N4O2/c10-9(11)5-3-8(15(16)17)7(4-13)14-6(5)1-2-12/h3,9H,1H2. The summed E-state index contributed by atoms with van der Waals surface area (Å²) >= 11 is 0. The van der Waals surface area contributed by atoms with Gasteiger partial charge in [0.1, 0.15) is 6.07 Å². The Morgan fingerprint density at radius 2 is 2.18 bits per heavy atom. The molecular formula is C9H4F2N4O2. The van der Waals surface area contributed by atoms with E-state index in [9.17, 15) is 18.9 Å². The minimum absolute atomic E-state index is 0.315. The molecule has 0 aliphatic heterocycles. The molecule has 0 aromatic carbocycles. The number of halogens is 2. The molecule has 0 atom stereocenters. The molecular weight excluding hydrogens is 234 g/mol. The third kappa shape index (κ3) is 2.49. The molecule has 0 unspecified atom stereocenters. The summed E-state index contributed by atoms with van der Waals surface area (Å²) in [6, 6.07) is 3.63. The number of nitrogens with zero attached hydrogens (tertiary/aromatic N) is 4. The van der Waals surface area contributed by atoms with Crippen molar-refractivity contribution in [1.82, 2.24) is 4.98 Å². The number of hydrogen-bond acceptors (Lipinski definition) is 5. The molecule has 1 rings (SSSR count). The Morgan fingerprint density at radius 1 is 1.53 bits per heavy atom. The maximum Gasteiger partial charge on any atom is 0.306 e. The lowest BCUT2D eigenvalue weighted by atomic mass is 10.1. The smallest absolute Gasteiger partial charge is 0.258 e. The Kier molecular flexibility index (Phi) is 3.62. The third-order valence-corrected chi connectivity index (χ3v) is 1.90. The van der Waals surface area contributed by atoms with Gasteiger partial charge in [-0.2, -0.15) is 10.5 Å². The Hall–Kier alpha value is -2.61. The van der Waals surface area contributed by atoms with Crippen LogP contribution in [0.5, 0.6) is 0 Å². The zero-order valence-corrected chi connectivity index (χ0v) is 8.22. The van der Waals surface area contributed by atoms with Crippen LogP contribution in [-0.2, 0) is 6.42 Å². The van der Waals surface area contributed by atoms with Crippen molar-refractivity contribution in [2.24, 2.45) is 0 Å². The fraction of sp³-hybridized carbons (Fsp3) is 0.222. The van der Waals surface area contributed by atoms with Crippen LogP contribution in [0.25, 0.3) is 0 Å². The van der Waals surface area contributed by atoms with Crippen molar-refractivity contribution in [3.63, 3.8) is 0 Å². The fourth-order valence-corrected chi connectivity index (χ4v) is 1.18. The first-order chi connectivity index (χ1) is 8.01. The second-order valence-electron chi connectivity index (χ2n) is 2.90. The average molecular weight is 238 g/mol. The Balaban J connectivity index is 3.50. The van der Waals surface area contributed by atoms with Crippen LogP contribution in [0.3, 0.4) is 0 Å². The quantitative estimate of drug-likeness (QED) is 0.590. The van der Waals surface area contributed by atoms with Gasteiger partial charge in [0.25, 0.3) is 6.43 Å². The highest BCUT2D eigenvalue weighted by Gasteiger charge is 2.23. The molecule has 0 aliphatic carbocycles. The maximum atomic E-state index is 12.6. The summed E-state index contributed by atoms with van der Waals surface area (Å²) in [7, 11) is 0. The van der Waals surface area contributed by atoms with Crippen molar-refractivity contribution in [2.75, 3.05) is 0 Å². The van der Waals surface area contributed by atoms with E-state index in [2.05, 4.69) is 4.98 Å². The number of aromatic nitrogens is 1. The SMILES string of the molecule is N#CCc1nc(C#N)c([N+](=O)[O-])cc1C(F)F. The van der Waals surface area contributed by atoms with Crippen LogP contribution in [0.4, 0.5) is 14.5 Å². The van der Waals surface area contributed by atoms with Crippen LogP contribution in [0.1, 0.15) is 23.4 Å². The zero-order chi connectivity index (χ0) is 13.0. The minimum Gasteiger partial charge on any atom is -0.258 e. The van der Waals surface area contributed by atoms with Gasteiger partial charge in [0.05, 0.1) is 23.1 Å². The summed E-state index contributed by atoms with van der Waals surface area (Å²) in [4.78, 5) is 13.0. The number of alkyl halides is 2. The second-order valence-corrected chi connectivity index (χ2v) is 2.90. The summed E-state index contributed by atoms with van der Waals surface area (Å²) in [5.41, 5.74) is -2.38. The van der Waals surface area contributed by atoms with E-state index in [-0.39, 0.29) is 5.69 Å². The van der Waals surface area contributed by atoms with Crippen LogP contribution in [0.15, 0.2) is 6.07 Å². The topological polar surface area (TPSA) is 104 Å². The van der Waals surface area contributed by atoms with E-state index < -0.39 is 34.7 Å². The predicted octanol–water partition coefficient (Wildman–Crippen LogP) is 1.87. The molecule has 1 heterocycles. The highest BCUT2D eigenvalue weighted by Crippen LogP contribution is 2.28. The lowest BCUT2D eigenvalue weighted by Gasteiger charge is -2.05. The van der Waals surface area contributed by atoms with Gasteiger partial charge in [0.2, 0.25) is 5.69 Å². The minimum atomic E-state index is -2.99. The van der Waals surface area contributed by atoms with Crippen molar-refractivity contribution in [1.29, 1.82) is 10.5 Å². The van der Waals surface area contributed by atoms with Gasteiger partial charge in [-0.05, 0) is 0 Å². The lowest BCUT2D eigenvalue weighted by Crippen LogP contribution is -2.04. The Labute approximate surface area is 93.9 Å². The van der Waals surface area contributed by atoms with E-state index >= 15 is 0 Å². The van der Waals surface area contributed by atoms with Crippen molar-refractivity contribution in [3.05, 3.63) is 33.1 Å². The Morgan fingerprint density at radius 3 is 2.59 bits per heavy atom. The van der Waals surface area contributed by atoms with Crippen LogP contribution >= 0.6 is 0 Å². The molecule has 0 saturated heterocycles. The van der Waals surface area contributed by atoms with Gasteiger partial charge >= 0.3 is 5.69 Å². The van der Waals surface area contributed by atoms with Gasteiger partial charge in [-0.15, -0.1) is 0 Å². The predicted molar refractivity (Wildman–Crippen MR) is 49.9 cm³/mol. The van der Waals surface area contributed by atoms with E-state index in [4.69, 9.17) is 10.5 Å². The first kappa shape index (κ1) is 12.5. The van der Waals surface area contributed by atoms with E-state index in [1.165, 1.54) is 6.07 Å². The van der Waals surface area contributed by atoms with Crippen LogP contribution in [-0.4, -0.2) is 9.91 Å². The molecule has 0 bridgehead atoms. The lowest BCUT2D eigenvalue weighted by molar-refractivity contribution is -0.385. The number of rotatable bonds is 3. The van der Waals surface area contributed by atoms with Crippen LogP contribution in [0.2, 0.25) is 0 Å². The molecule has 8 heteroatoms. The molecule has 1 aromatic heterocycles. The molecule has 0 aliphatic rings. The molecule has 0 radical (unpaired) electrons. The summed E-state index contributed by atoms with van der Waals surface area (Å²) < 4.78 is 25.2. The van der Waals surface area contributed by atoms with E-state index in [1.807, 2.05) is 0 Å². The molecule has 0 amide bonds. The van der Waals surface area contributed by atoms with Crippen molar-refractivity contribution in [2.45, 2.75) is 12.8 Å². The fourth-order valence-electron chi connectivity index (χ4n) is 1.18.